The maximum Gasteiger partial charge on any atom is 0.142 e. The third kappa shape index (κ3) is 2.96. The Labute approximate surface area is 111 Å². The smallest absolute Gasteiger partial charge is 0.142 e. The SMILES string of the molecule is COc1cc(C)cc(C)c1N(C)C(C)(C)CCN. The number of aryl methyl sites for hydroxylation is 2. The predicted molar refractivity (Wildman–Crippen MR) is 78.6 cm³/mol. The summed E-state index contributed by atoms with van der Waals surface area (Å²) in [4.78, 5) is 2.27. The molecule has 102 valence electrons. The fraction of sp³-hybridized carbons (Fsp3) is 0.600. The van der Waals surface area contributed by atoms with Crippen molar-refractivity contribution in [3.8, 4) is 5.75 Å². The van der Waals surface area contributed by atoms with Crippen molar-refractivity contribution in [3.63, 3.8) is 0 Å². The Kier molecular flexibility index (Phi) is 4.63. The molecule has 0 bridgehead atoms. The van der Waals surface area contributed by atoms with Gasteiger partial charge in [0.05, 0.1) is 12.8 Å². The summed E-state index contributed by atoms with van der Waals surface area (Å²) in [6, 6.07) is 4.27. The lowest BCUT2D eigenvalue weighted by Crippen LogP contribution is -2.43. The van der Waals surface area contributed by atoms with Gasteiger partial charge in [-0.25, -0.2) is 0 Å². The molecule has 0 aliphatic rings. The van der Waals surface area contributed by atoms with Crippen LogP contribution in [0.5, 0.6) is 5.75 Å². The number of anilines is 1. The molecular weight excluding hydrogens is 224 g/mol. The summed E-state index contributed by atoms with van der Waals surface area (Å²) < 4.78 is 5.53. The van der Waals surface area contributed by atoms with E-state index in [0.717, 1.165) is 17.9 Å². The van der Waals surface area contributed by atoms with Crippen molar-refractivity contribution in [2.45, 2.75) is 39.7 Å². The molecule has 0 fully saturated rings. The van der Waals surface area contributed by atoms with E-state index in [-0.39, 0.29) is 5.54 Å². The van der Waals surface area contributed by atoms with E-state index < -0.39 is 0 Å². The Morgan fingerprint density at radius 2 is 1.89 bits per heavy atom. The van der Waals surface area contributed by atoms with Crippen LogP contribution in [0.3, 0.4) is 0 Å². The highest BCUT2D eigenvalue weighted by atomic mass is 16.5. The highest BCUT2D eigenvalue weighted by molar-refractivity contribution is 5.65. The van der Waals surface area contributed by atoms with Crippen LogP contribution in [0, 0.1) is 13.8 Å². The summed E-state index contributed by atoms with van der Waals surface area (Å²) in [5, 5.41) is 0. The summed E-state index contributed by atoms with van der Waals surface area (Å²) in [7, 11) is 3.83. The van der Waals surface area contributed by atoms with Crippen LogP contribution in [-0.4, -0.2) is 26.2 Å². The Morgan fingerprint density at radius 3 is 2.39 bits per heavy atom. The summed E-state index contributed by atoms with van der Waals surface area (Å²) in [6.07, 6.45) is 0.944. The first-order valence-corrected chi connectivity index (χ1v) is 6.42. The number of nitrogens with two attached hydrogens (primary N) is 1. The average Bonchev–Trinajstić information content (AvgIpc) is 2.27. The van der Waals surface area contributed by atoms with Gasteiger partial charge in [0.15, 0.2) is 0 Å². The number of hydrogen-bond acceptors (Lipinski definition) is 3. The van der Waals surface area contributed by atoms with Gasteiger partial charge in [-0.1, -0.05) is 6.07 Å². The van der Waals surface area contributed by atoms with Gasteiger partial charge in [-0.2, -0.15) is 0 Å². The van der Waals surface area contributed by atoms with Gasteiger partial charge in [-0.05, 0) is 57.9 Å². The van der Waals surface area contributed by atoms with Gasteiger partial charge in [-0.15, -0.1) is 0 Å². The number of benzene rings is 1. The molecule has 0 radical (unpaired) electrons. The molecular formula is C15H26N2O. The van der Waals surface area contributed by atoms with Crippen LogP contribution in [0.15, 0.2) is 12.1 Å². The zero-order valence-electron chi connectivity index (χ0n) is 12.5. The second-order valence-electron chi connectivity index (χ2n) is 5.54. The third-order valence-corrected chi connectivity index (χ3v) is 3.63. The van der Waals surface area contributed by atoms with Crippen LogP contribution in [0.25, 0.3) is 0 Å². The lowest BCUT2D eigenvalue weighted by atomic mass is 9.96. The van der Waals surface area contributed by atoms with E-state index in [1.54, 1.807) is 7.11 Å². The minimum Gasteiger partial charge on any atom is -0.495 e. The normalized spacial score (nSPS) is 11.5. The summed E-state index contributed by atoms with van der Waals surface area (Å²) >= 11 is 0. The van der Waals surface area contributed by atoms with Crippen molar-refractivity contribution in [3.05, 3.63) is 23.3 Å². The van der Waals surface area contributed by atoms with Crippen LogP contribution in [0.2, 0.25) is 0 Å². The van der Waals surface area contributed by atoms with Crippen molar-refractivity contribution in [2.24, 2.45) is 5.73 Å². The predicted octanol–water partition coefficient (Wildman–Crippen LogP) is 2.88. The number of nitrogens with zero attached hydrogens (tertiary/aromatic N) is 1. The van der Waals surface area contributed by atoms with Crippen molar-refractivity contribution >= 4 is 5.69 Å². The second-order valence-corrected chi connectivity index (χ2v) is 5.54. The highest BCUT2D eigenvalue weighted by Gasteiger charge is 2.26. The van der Waals surface area contributed by atoms with Gasteiger partial charge < -0.3 is 15.4 Å². The topological polar surface area (TPSA) is 38.5 Å². The lowest BCUT2D eigenvalue weighted by Gasteiger charge is -2.39. The molecule has 0 aromatic heterocycles. The van der Waals surface area contributed by atoms with Crippen molar-refractivity contribution < 1.29 is 4.74 Å². The van der Waals surface area contributed by atoms with Crippen LogP contribution in [-0.2, 0) is 0 Å². The molecule has 3 nitrogen and oxygen atoms in total. The van der Waals surface area contributed by atoms with Crippen LogP contribution in [0.1, 0.15) is 31.4 Å². The second kappa shape index (κ2) is 5.61. The fourth-order valence-corrected chi connectivity index (χ4v) is 2.33. The first-order chi connectivity index (χ1) is 8.33. The molecule has 1 aromatic carbocycles. The van der Waals surface area contributed by atoms with E-state index in [4.69, 9.17) is 10.5 Å². The summed E-state index contributed by atoms with van der Waals surface area (Å²) in [5.41, 5.74) is 9.33. The van der Waals surface area contributed by atoms with E-state index in [2.05, 4.69) is 51.8 Å². The van der Waals surface area contributed by atoms with E-state index in [9.17, 15) is 0 Å². The molecule has 0 unspecified atom stereocenters. The minimum absolute atomic E-state index is 0.0159. The molecule has 2 N–H and O–H groups in total. The maximum atomic E-state index is 5.71. The molecule has 0 heterocycles. The number of methoxy groups -OCH3 is 1. The zero-order chi connectivity index (χ0) is 13.9. The third-order valence-electron chi connectivity index (χ3n) is 3.63. The largest absolute Gasteiger partial charge is 0.495 e. The Bertz CT molecular complexity index is 413. The quantitative estimate of drug-likeness (QED) is 0.873. The zero-order valence-corrected chi connectivity index (χ0v) is 12.5. The van der Waals surface area contributed by atoms with E-state index in [0.29, 0.717) is 6.54 Å². The summed E-state index contributed by atoms with van der Waals surface area (Å²) in [5.74, 6) is 0.931. The first-order valence-electron chi connectivity index (χ1n) is 6.42. The Balaban J connectivity index is 3.23. The molecule has 0 spiro atoms. The van der Waals surface area contributed by atoms with Crippen molar-refractivity contribution in [1.29, 1.82) is 0 Å². The molecule has 0 atom stereocenters. The molecule has 0 saturated carbocycles. The van der Waals surface area contributed by atoms with Gasteiger partial charge in [0.25, 0.3) is 0 Å². The fourth-order valence-electron chi connectivity index (χ4n) is 2.33. The van der Waals surface area contributed by atoms with Crippen LogP contribution >= 0.6 is 0 Å². The summed E-state index contributed by atoms with van der Waals surface area (Å²) in [6.45, 7) is 9.31. The molecule has 0 aliphatic heterocycles. The number of hydrogen-bond donors (Lipinski definition) is 1. The van der Waals surface area contributed by atoms with E-state index in [1.165, 1.54) is 11.1 Å². The minimum atomic E-state index is 0.0159. The first kappa shape index (κ1) is 14.8. The lowest BCUT2D eigenvalue weighted by molar-refractivity contribution is 0.403. The van der Waals surface area contributed by atoms with Crippen molar-refractivity contribution in [2.75, 3.05) is 25.6 Å². The molecule has 0 saturated heterocycles. The maximum absolute atomic E-state index is 5.71. The van der Waals surface area contributed by atoms with Gasteiger partial charge in [0.1, 0.15) is 5.75 Å². The van der Waals surface area contributed by atoms with Crippen LogP contribution < -0.4 is 15.4 Å². The highest BCUT2D eigenvalue weighted by Crippen LogP contribution is 2.36. The molecule has 1 rings (SSSR count). The molecule has 0 amide bonds. The van der Waals surface area contributed by atoms with Gasteiger partial charge in [0.2, 0.25) is 0 Å². The van der Waals surface area contributed by atoms with Gasteiger partial charge in [-0.3, -0.25) is 0 Å². The molecule has 18 heavy (non-hydrogen) atoms. The monoisotopic (exact) mass is 250 g/mol. The van der Waals surface area contributed by atoms with Crippen molar-refractivity contribution in [1.82, 2.24) is 0 Å². The Hall–Kier alpha value is -1.22. The number of rotatable bonds is 5. The average molecular weight is 250 g/mol. The van der Waals surface area contributed by atoms with Gasteiger partial charge >= 0.3 is 0 Å². The van der Waals surface area contributed by atoms with E-state index >= 15 is 0 Å². The van der Waals surface area contributed by atoms with Gasteiger partial charge in [0, 0.05) is 12.6 Å². The van der Waals surface area contributed by atoms with Crippen LogP contribution in [0.4, 0.5) is 5.69 Å². The Morgan fingerprint density at radius 1 is 1.28 bits per heavy atom. The number of ether oxygens (including phenoxy) is 1. The van der Waals surface area contributed by atoms with E-state index in [1.807, 2.05) is 0 Å². The molecule has 3 heteroatoms. The molecule has 1 aromatic rings. The molecule has 0 aliphatic carbocycles. The standard InChI is InChI=1S/C15H26N2O/c1-11-9-12(2)14(13(10-11)18-6)17(5)15(3,4)7-8-16/h9-10H,7-8,16H2,1-6H3.